The molecule has 10 nitrogen and oxygen atoms in total. The fourth-order valence-electron chi connectivity index (χ4n) is 4.17. The zero-order valence-electron chi connectivity index (χ0n) is 25.6. The van der Waals surface area contributed by atoms with Crippen LogP contribution in [-0.2, 0) is 36.0 Å². The molecule has 0 atom stereocenters. The molecule has 4 N–H and O–H groups in total. The predicted molar refractivity (Wildman–Crippen MR) is 169 cm³/mol. The molecule has 0 unspecified atom stereocenters. The molecule has 0 aliphatic carbocycles. The topological polar surface area (TPSA) is 132 Å². The Bertz CT molecular complexity index is 1390. The first-order valence-corrected chi connectivity index (χ1v) is 21.4. The number of ether oxygens (including phenoxy) is 2. The number of aromatic nitrogens is 6. The second-order valence-corrected chi connectivity index (χ2v) is 23.9. The number of nitrogens with zero attached hydrogens (tertiary/aromatic N) is 6. The fourth-order valence-corrected chi connectivity index (χ4v) is 5.68. The van der Waals surface area contributed by atoms with Gasteiger partial charge in [-0.15, -0.1) is 0 Å². The van der Waals surface area contributed by atoms with Crippen LogP contribution in [0.2, 0.25) is 51.4 Å². The van der Waals surface area contributed by atoms with E-state index in [1.807, 2.05) is 26.2 Å². The number of hydrogen-bond donors (Lipinski definition) is 2. The van der Waals surface area contributed by atoms with Gasteiger partial charge >= 0.3 is 0 Å². The van der Waals surface area contributed by atoms with Gasteiger partial charge in [-0.2, -0.15) is 0 Å². The minimum absolute atomic E-state index is 0.456. The van der Waals surface area contributed by atoms with E-state index in [-0.39, 0.29) is 0 Å². The Kier molecular flexibility index (Phi) is 11.1. The van der Waals surface area contributed by atoms with Crippen molar-refractivity contribution in [1.29, 1.82) is 0 Å². The van der Waals surface area contributed by atoms with Gasteiger partial charge in [0.1, 0.15) is 30.6 Å². The van der Waals surface area contributed by atoms with E-state index in [0.29, 0.717) is 26.6 Å². The van der Waals surface area contributed by atoms with Crippen molar-refractivity contribution in [3.8, 4) is 0 Å². The quantitative estimate of drug-likeness (QED) is 0.175. The van der Waals surface area contributed by atoms with Gasteiger partial charge in [0.15, 0.2) is 0 Å². The average Bonchev–Trinajstić information content (AvgIpc) is 3.38. The number of pyridine rings is 2. The molecule has 0 saturated heterocycles. The van der Waals surface area contributed by atoms with Gasteiger partial charge in [-0.3, -0.25) is 9.97 Å². The van der Waals surface area contributed by atoms with E-state index in [1.54, 1.807) is 12.4 Å². The normalized spacial score (nSPS) is 12.2. The molecule has 0 saturated carbocycles. The van der Waals surface area contributed by atoms with Crippen LogP contribution in [0.15, 0.2) is 24.8 Å². The molecule has 0 bridgehead atoms. The minimum atomic E-state index is -1.04. The highest BCUT2D eigenvalue weighted by molar-refractivity contribution is 6.76. The first-order chi connectivity index (χ1) is 18.8. The predicted octanol–water partition coefficient (Wildman–Crippen LogP) is 5.02. The molecular formula is C28H48N8O2Si2. The van der Waals surface area contributed by atoms with Crippen LogP contribution in [0, 0.1) is 13.8 Å². The maximum atomic E-state index is 5.84. The van der Waals surface area contributed by atoms with Crippen LogP contribution in [0.25, 0.3) is 22.1 Å². The Labute approximate surface area is 240 Å². The van der Waals surface area contributed by atoms with Gasteiger partial charge in [-0.1, -0.05) is 39.3 Å². The summed E-state index contributed by atoms with van der Waals surface area (Å²) in [7, 11) is -2.08. The Balaban J connectivity index is 0.000000220. The number of hydrogen-bond acceptors (Lipinski definition) is 8. The second-order valence-electron chi connectivity index (χ2n) is 12.6. The van der Waals surface area contributed by atoms with Crippen molar-refractivity contribution >= 4 is 38.2 Å². The maximum Gasteiger partial charge on any atom is 0.124 e. The standard InChI is InChI=1S/2C14H24N4OSi/c1-11-17-14-12(7-15)8-16-9-13(14)18(11)10-19-5-6-20(2,3)4;1-11-17-13-9-16-8-12(7-15)14(13)18(11)10-19-5-6-20(2,3)4/h2*8-9H,5-7,10,15H2,1-4H3. The van der Waals surface area contributed by atoms with Gasteiger partial charge in [-0.05, 0) is 25.9 Å². The Morgan fingerprint density at radius 2 is 1.23 bits per heavy atom. The van der Waals surface area contributed by atoms with Crippen molar-refractivity contribution < 1.29 is 9.47 Å². The first-order valence-electron chi connectivity index (χ1n) is 14.0. The molecule has 220 valence electrons. The van der Waals surface area contributed by atoms with Crippen LogP contribution in [0.3, 0.4) is 0 Å². The molecule has 0 spiro atoms. The molecule has 0 radical (unpaired) electrons. The van der Waals surface area contributed by atoms with Crippen LogP contribution < -0.4 is 11.5 Å². The Morgan fingerprint density at radius 1 is 0.700 bits per heavy atom. The highest BCUT2D eigenvalue weighted by atomic mass is 28.3. The van der Waals surface area contributed by atoms with E-state index < -0.39 is 16.1 Å². The maximum absolute atomic E-state index is 5.84. The molecule has 0 aromatic carbocycles. The number of aryl methyl sites for hydroxylation is 2. The molecule has 4 heterocycles. The van der Waals surface area contributed by atoms with E-state index in [1.165, 1.54) is 12.1 Å². The van der Waals surface area contributed by atoms with Crippen LogP contribution >= 0.6 is 0 Å². The molecule has 0 amide bonds. The van der Waals surface area contributed by atoms with Crippen LogP contribution in [0.4, 0.5) is 0 Å². The summed E-state index contributed by atoms with van der Waals surface area (Å²) in [5, 5.41) is 0. The second kappa shape index (κ2) is 13.9. The number of nitrogens with two attached hydrogens (primary N) is 2. The summed E-state index contributed by atoms with van der Waals surface area (Å²) < 4.78 is 15.8. The number of fused-ring (bicyclic) bond motifs is 2. The van der Waals surface area contributed by atoms with Gasteiger partial charge in [0.2, 0.25) is 0 Å². The lowest BCUT2D eigenvalue weighted by Crippen LogP contribution is -2.22. The molecule has 12 heteroatoms. The van der Waals surface area contributed by atoms with Gasteiger partial charge < -0.3 is 30.1 Å². The van der Waals surface area contributed by atoms with Gasteiger partial charge in [0.05, 0.1) is 28.9 Å². The summed E-state index contributed by atoms with van der Waals surface area (Å²) in [4.78, 5) is 17.5. The molecule has 0 fully saturated rings. The summed E-state index contributed by atoms with van der Waals surface area (Å²) in [5.74, 6) is 1.88. The van der Waals surface area contributed by atoms with E-state index >= 15 is 0 Å². The molecule has 4 aromatic rings. The Morgan fingerprint density at radius 3 is 1.80 bits per heavy atom. The first kappa shape index (κ1) is 32.0. The summed E-state index contributed by atoms with van der Waals surface area (Å²) in [6.07, 6.45) is 7.20. The number of imidazole rings is 2. The molecule has 4 rings (SSSR count). The van der Waals surface area contributed by atoms with Gasteiger partial charge in [0.25, 0.3) is 0 Å². The van der Waals surface area contributed by atoms with Crippen molar-refractivity contribution in [2.24, 2.45) is 11.5 Å². The molecule has 40 heavy (non-hydrogen) atoms. The third kappa shape index (κ3) is 8.75. The number of rotatable bonds is 12. The lowest BCUT2D eigenvalue weighted by molar-refractivity contribution is 0.0883. The fraction of sp³-hybridized carbons (Fsp3) is 0.571. The largest absolute Gasteiger partial charge is 0.361 e. The minimum Gasteiger partial charge on any atom is -0.361 e. The lowest BCUT2D eigenvalue weighted by atomic mass is 10.2. The zero-order chi connectivity index (χ0) is 29.5. The van der Waals surface area contributed by atoms with Crippen molar-refractivity contribution in [1.82, 2.24) is 29.1 Å². The smallest absolute Gasteiger partial charge is 0.124 e. The Hall–Kier alpha value is -2.49. The lowest BCUT2D eigenvalue weighted by Gasteiger charge is -2.16. The summed E-state index contributed by atoms with van der Waals surface area (Å²) in [6, 6.07) is 2.34. The van der Waals surface area contributed by atoms with Crippen LogP contribution in [0.5, 0.6) is 0 Å². The summed E-state index contributed by atoms with van der Waals surface area (Å²) >= 11 is 0. The van der Waals surface area contributed by atoms with Crippen LogP contribution in [-0.4, -0.2) is 58.4 Å². The van der Waals surface area contributed by atoms with E-state index in [4.69, 9.17) is 20.9 Å². The average molecular weight is 585 g/mol. The van der Waals surface area contributed by atoms with E-state index in [9.17, 15) is 0 Å². The third-order valence-electron chi connectivity index (χ3n) is 6.72. The molecule has 0 aliphatic heterocycles. The van der Waals surface area contributed by atoms with E-state index in [0.717, 1.165) is 58.1 Å². The van der Waals surface area contributed by atoms with Crippen molar-refractivity contribution in [2.75, 3.05) is 13.2 Å². The summed E-state index contributed by atoms with van der Waals surface area (Å²) in [5.41, 5.74) is 17.4. The van der Waals surface area contributed by atoms with Gasteiger partial charge in [-0.25, -0.2) is 9.97 Å². The molecule has 0 aliphatic rings. The molecular weight excluding hydrogens is 537 g/mol. The van der Waals surface area contributed by atoms with Gasteiger partial charge in [0, 0.05) is 66.0 Å². The summed E-state index contributed by atoms with van der Waals surface area (Å²) in [6.45, 7) is 21.7. The third-order valence-corrected chi connectivity index (χ3v) is 10.1. The van der Waals surface area contributed by atoms with Crippen molar-refractivity contribution in [3.63, 3.8) is 0 Å². The SMILES string of the molecule is Cc1nc2c(CN)cncc2n1COCC[Si](C)(C)C.Cc1nc2cncc(CN)c2n1COCC[Si](C)(C)C. The van der Waals surface area contributed by atoms with E-state index in [2.05, 4.69) is 68.4 Å². The van der Waals surface area contributed by atoms with Crippen molar-refractivity contribution in [3.05, 3.63) is 47.6 Å². The van der Waals surface area contributed by atoms with Crippen molar-refractivity contribution in [2.45, 2.75) is 91.8 Å². The highest BCUT2D eigenvalue weighted by Gasteiger charge is 2.15. The highest BCUT2D eigenvalue weighted by Crippen LogP contribution is 2.20. The molecule has 4 aromatic heterocycles. The zero-order valence-corrected chi connectivity index (χ0v) is 27.6. The van der Waals surface area contributed by atoms with Crippen LogP contribution in [0.1, 0.15) is 22.8 Å². The monoisotopic (exact) mass is 584 g/mol.